The van der Waals surface area contributed by atoms with Gasteiger partial charge >= 0.3 is 6.09 Å². The Kier molecular flexibility index (Phi) is 4.57. The molecule has 1 aromatic heterocycles. The first kappa shape index (κ1) is 12.3. The van der Waals surface area contributed by atoms with E-state index >= 15 is 0 Å². The molecule has 16 heavy (non-hydrogen) atoms. The summed E-state index contributed by atoms with van der Waals surface area (Å²) in [6.45, 7) is 2.81. The molecule has 88 valence electrons. The zero-order valence-corrected chi connectivity index (χ0v) is 9.77. The Morgan fingerprint density at radius 2 is 2.25 bits per heavy atom. The lowest BCUT2D eigenvalue weighted by Crippen LogP contribution is -2.30. The highest BCUT2D eigenvalue weighted by atomic mass is 16.5. The van der Waals surface area contributed by atoms with Crippen LogP contribution in [-0.2, 0) is 4.74 Å². The Morgan fingerprint density at radius 1 is 1.50 bits per heavy atom. The van der Waals surface area contributed by atoms with E-state index < -0.39 is 0 Å². The van der Waals surface area contributed by atoms with Crippen molar-refractivity contribution in [2.45, 2.75) is 6.92 Å². The first-order valence-corrected chi connectivity index (χ1v) is 4.98. The molecule has 5 heteroatoms. The average Bonchev–Trinajstić information content (AvgIpc) is 2.30. The van der Waals surface area contributed by atoms with Gasteiger partial charge in [-0.05, 0) is 12.5 Å². The zero-order valence-electron chi connectivity index (χ0n) is 9.77. The van der Waals surface area contributed by atoms with E-state index in [4.69, 9.17) is 4.74 Å². The van der Waals surface area contributed by atoms with E-state index in [0.29, 0.717) is 19.0 Å². The third kappa shape index (κ3) is 3.76. The number of aromatic nitrogens is 1. The summed E-state index contributed by atoms with van der Waals surface area (Å²) >= 11 is 0. The molecule has 0 bridgehead atoms. The molecule has 0 aliphatic heterocycles. The van der Waals surface area contributed by atoms with Crippen LogP contribution in [0.25, 0.3) is 0 Å². The molecule has 1 aromatic rings. The Labute approximate surface area is 95.0 Å². The molecule has 1 amide bonds. The van der Waals surface area contributed by atoms with Gasteiger partial charge in [0, 0.05) is 19.3 Å². The Bertz CT molecular complexity index is 338. The summed E-state index contributed by atoms with van der Waals surface area (Å²) in [6.07, 6.45) is 1.36. The molecule has 0 saturated heterocycles. The number of amides is 1. The lowest BCUT2D eigenvalue weighted by Gasteiger charge is -2.15. The lowest BCUT2D eigenvalue weighted by molar-refractivity contribution is 0.126. The highest BCUT2D eigenvalue weighted by Gasteiger charge is 2.07. The maximum absolute atomic E-state index is 11.0. The molecular weight excluding hydrogens is 208 g/mol. The second kappa shape index (κ2) is 5.95. The van der Waals surface area contributed by atoms with E-state index in [1.807, 2.05) is 13.0 Å². The van der Waals surface area contributed by atoms with Gasteiger partial charge in [0.15, 0.2) is 0 Å². The molecule has 0 aromatic carbocycles. The smallest absolute Gasteiger partial charge is 0.409 e. The fraction of sp³-hybridized carbons (Fsp3) is 0.455. The van der Waals surface area contributed by atoms with Crippen LogP contribution in [-0.4, -0.2) is 43.3 Å². The summed E-state index contributed by atoms with van der Waals surface area (Å²) in [7, 11) is 3.00. The van der Waals surface area contributed by atoms with Gasteiger partial charge in [-0.1, -0.05) is 6.07 Å². The molecule has 0 spiro atoms. The molecule has 0 saturated carbocycles. The van der Waals surface area contributed by atoms with Crippen LogP contribution in [0.15, 0.2) is 18.3 Å². The van der Waals surface area contributed by atoms with Crippen molar-refractivity contribution < 1.29 is 14.3 Å². The van der Waals surface area contributed by atoms with Gasteiger partial charge in [-0.2, -0.15) is 0 Å². The van der Waals surface area contributed by atoms with Gasteiger partial charge in [0.2, 0.25) is 5.88 Å². The summed E-state index contributed by atoms with van der Waals surface area (Å²) in [5, 5.41) is 0. The minimum atomic E-state index is -0.375. The number of nitrogens with zero attached hydrogens (tertiary/aromatic N) is 2. The quantitative estimate of drug-likeness (QED) is 0.777. The molecule has 0 radical (unpaired) electrons. The molecular formula is C11H16N2O3. The van der Waals surface area contributed by atoms with Crippen LogP contribution in [0.4, 0.5) is 4.79 Å². The van der Waals surface area contributed by atoms with Crippen molar-refractivity contribution in [1.29, 1.82) is 0 Å². The van der Waals surface area contributed by atoms with Crippen LogP contribution in [0.3, 0.4) is 0 Å². The first-order valence-electron chi connectivity index (χ1n) is 4.98. The number of likely N-dealkylation sites (N-methyl/N-ethyl adjacent to an activating group) is 1. The highest BCUT2D eigenvalue weighted by molar-refractivity contribution is 5.66. The van der Waals surface area contributed by atoms with Crippen molar-refractivity contribution in [3.05, 3.63) is 23.9 Å². The molecule has 0 unspecified atom stereocenters. The van der Waals surface area contributed by atoms with Crippen molar-refractivity contribution in [3.63, 3.8) is 0 Å². The van der Waals surface area contributed by atoms with Crippen molar-refractivity contribution in [3.8, 4) is 5.88 Å². The minimum Gasteiger partial charge on any atom is -0.476 e. The van der Waals surface area contributed by atoms with E-state index in [-0.39, 0.29) is 6.09 Å². The predicted octanol–water partition coefficient (Wildman–Crippen LogP) is 1.47. The average molecular weight is 224 g/mol. The van der Waals surface area contributed by atoms with Crippen molar-refractivity contribution in [2.75, 3.05) is 27.3 Å². The molecule has 5 nitrogen and oxygen atoms in total. The van der Waals surface area contributed by atoms with E-state index in [1.54, 1.807) is 19.3 Å². The summed E-state index contributed by atoms with van der Waals surface area (Å²) in [5.74, 6) is 0.559. The molecule has 1 rings (SSSR count). The first-order chi connectivity index (χ1) is 7.63. The summed E-state index contributed by atoms with van der Waals surface area (Å²) < 4.78 is 9.91. The van der Waals surface area contributed by atoms with E-state index in [0.717, 1.165) is 5.56 Å². The Hall–Kier alpha value is -1.78. The number of rotatable bonds is 4. The second-order valence-corrected chi connectivity index (χ2v) is 3.41. The molecule has 0 fully saturated rings. The fourth-order valence-corrected chi connectivity index (χ4v) is 1.07. The molecule has 0 atom stereocenters. The third-order valence-electron chi connectivity index (χ3n) is 2.05. The van der Waals surface area contributed by atoms with Gasteiger partial charge < -0.3 is 14.4 Å². The third-order valence-corrected chi connectivity index (χ3v) is 2.05. The molecule has 1 heterocycles. The summed E-state index contributed by atoms with van der Waals surface area (Å²) in [4.78, 5) is 16.6. The topological polar surface area (TPSA) is 51.7 Å². The number of carbonyl (C=O) groups is 1. The number of hydrogen-bond acceptors (Lipinski definition) is 4. The molecule has 0 aliphatic carbocycles. The zero-order chi connectivity index (χ0) is 12.0. The monoisotopic (exact) mass is 224 g/mol. The van der Waals surface area contributed by atoms with Crippen LogP contribution < -0.4 is 4.74 Å². The minimum absolute atomic E-state index is 0.375. The van der Waals surface area contributed by atoms with E-state index in [9.17, 15) is 4.79 Å². The van der Waals surface area contributed by atoms with Crippen LogP contribution in [0, 0.1) is 6.92 Å². The predicted molar refractivity (Wildman–Crippen MR) is 59.5 cm³/mol. The Balaban J connectivity index is 2.30. The van der Waals surface area contributed by atoms with Gasteiger partial charge in [-0.3, -0.25) is 0 Å². The number of ether oxygens (including phenoxy) is 2. The highest BCUT2D eigenvalue weighted by Crippen LogP contribution is 2.06. The summed E-state index contributed by atoms with van der Waals surface area (Å²) in [5.41, 5.74) is 1.08. The van der Waals surface area contributed by atoms with Crippen LogP contribution in [0.1, 0.15) is 5.56 Å². The van der Waals surface area contributed by atoms with Gasteiger partial charge in [-0.25, -0.2) is 9.78 Å². The maximum atomic E-state index is 11.0. The number of hydrogen-bond donors (Lipinski definition) is 0. The van der Waals surface area contributed by atoms with Crippen LogP contribution in [0.5, 0.6) is 5.88 Å². The maximum Gasteiger partial charge on any atom is 0.409 e. The van der Waals surface area contributed by atoms with Crippen molar-refractivity contribution in [2.24, 2.45) is 0 Å². The number of aryl methyl sites for hydroxylation is 1. The van der Waals surface area contributed by atoms with Crippen LogP contribution >= 0.6 is 0 Å². The SMILES string of the molecule is COC(=O)N(C)CCOc1ccc(C)cn1. The second-order valence-electron chi connectivity index (χ2n) is 3.41. The van der Waals surface area contributed by atoms with E-state index in [2.05, 4.69) is 9.72 Å². The number of carbonyl (C=O) groups excluding carboxylic acids is 1. The van der Waals surface area contributed by atoms with Crippen molar-refractivity contribution >= 4 is 6.09 Å². The van der Waals surface area contributed by atoms with Gasteiger partial charge in [0.1, 0.15) is 6.61 Å². The number of methoxy groups -OCH3 is 1. The van der Waals surface area contributed by atoms with Gasteiger partial charge in [0.05, 0.1) is 13.7 Å². The molecule has 0 N–H and O–H groups in total. The number of pyridine rings is 1. The van der Waals surface area contributed by atoms with Gasteiger partial charge in [0.25, 0.3) is 0 Å². The lowest BCUT2D eigenvalue weighted by atomic mass is 10.3. The van der Waals surface area contributed by atoms with Gasteiger partial charge in [-0.15, -0.1) is 0 Å². The summed E-state index contributed by atoms with van der Waals surface area (Å²) in [6, 6.07) is 3.72. The largest absolute Gasteiger partial charge is 0.476 e. The molecule has 0 aliphatic rings. The fourth-order valence-electron chi connectivity index (χ4n) is 1.07. The standard InChI is InChI=1S/C11H16N2O3/c1-9-4-5-10(12-8-9)16-7-6-13(2)11(14)15-3/h4-5,8H,6-7H2,1-3H3. The van der Waals surface area contributed by atoms with Crippen LogP contribution in [0.2, 0.25) is 0 Å². The Morgan fingerprint density at radius 3 is 2.81 bits per heavy atom. The van der Waals surface area contributed by atoms with E-state index in [1.165, 1.54) is 12.0 Å². The van der Waals surface area contributed by atoms with Crippen molar-refractivity contribution in [1.82, 2.24) is 9.88 Å². The normalized spacial score (nSPS) is 9.69.